The van der Waals surface area contributed by atoms with E-state index in [1.165, 1.54) is 0 Å². The standard InChI is InChI=1S/C15H20N4OS/c1-9(2)12(13-17-18-15(21)19(13)4)16-14(20)11-8-6-5-7-10(11)3/h5-9,12H,1-4H3,(H,16,20)(H,18,21)/t12-/m0/s1. The van der Waals surface area contributed by atoms with Crippen molar-refractivity contribution in [2.24, 2.45) is 13.0 Å². The maximum Gasteiger partial charge on any atom is 0.252 e. The monoisotopic (exact) mass is 304 g/mol. The largest absolute Gasteiger partial charge is 0.342 e. The Morgan fingerprint density at radius 2 is 2.05 bits per heavy atom. The minimum Gasteiger partial charge on any atom is -0.342 e. The summed E-state index contributed by atoms with van der Waals surface area (Å²) in [6.07, 6.45) is 0. The molecule has 0 aliphatic carbocycles. The molecule has 2 N–H and O–H groups in total. The number of hydrogen-bond acceptors (Lipinski definition) is 3. The number of aromatic amines is 1. The van der Waals surface area contributed by atoms with Gasteiger partial charge in [0.05, 0.1) is 6.04 Å². The van der Waals surface area contributed by atoms with Crippen LogP contribution in [0.25, 0.3) is 0 Å². The third-order valence-electron chi connectivity index (χ3n) is 3.54. The smallest absolute Gasteiger partial charge is 0.252 e. The summed E-state index contributed by atoms with van der Waals surface area (Å²) < 4.78 is 2.33. The average Bonchev–Trinajstić information content (AvgIpc) is 2.76. The normalized spacial score (nSPS) is 12.4. The SMILES string of the molecule is Cc1ccccc1C(=O)N[C@H](c1n[nH]c(=S)n1C)C(C)C. The molecule has 0 spiro atoms. The summed E-state index contributed by atoms with van der Waals surface area (Å²) in [7, 11) is 1.84. The first kappa shape index (κ1) is 15.4. The molecule has 0 aliphatic heterocycles. The van der Waals surface area contributed by atoms with Crippen molar-refractivity contribution in [1.82, 2.24) is 20.1 Å². The molecule has 1 heterocycles. The molecule has 5 nitrogen and oxygen atoms in total. The number of H-pyrrole nitrogens is 1. The second-order valence-electron chi connectivity index (χ2n) is 5.46. The van der Waals surface area contributed by atoms with Crippen LogP contribution in [0.2, 0.25) is 0 Å². The third kappa shape index (κ3) is 3.21. The van der Waals surface area contributed by atoms with Gasteiger partial charge in [-0.25, -0.2) is 0 Å². The highest BCUT2D eigenvalue weighted by Crippen LogP contribution is 2.20. The van der Waals surface area contributed by atoms with Crippen LogP contribution >= 0.6 is 12.2 Å². The van der Waals surface area contributed by atoms with E-state index in [0.717, 1.165) is 11.4 Å². The number of hydrogen-bond donors (Lipinski definition) is 2. The highest BCUT2D eigenvalue weighted by Gasteiger charge is 2.24. The Balaban J connectivity index is 2.30. The highest BCUT2D eigenvalue weighted by molar-refractivity contribution is 7.71. The lowest BCUT2D eigenvalue weighted by Crippen LogP contribution is -2.33. The predicted molar refractivity (Wildman–Crippen MR) is 84.6 cm³/mol. The Labute approximate surface area is 129 Å². The van der Waals surface area contributed by atoms with Gasteiger partial charge in [0.25, 0.3) is 5.91 Å². The molecular formula is C15H20N4OS. The van der Waals surface area contributed by atoms with Gasteiger partial charge in [0.2, 0.25) is 0 Å². The van der Waals surface area contributed by atoms with Gasteiger partial charge in [-0.15, -0.1) is 0 Å². The maximum atomic E-state index is 12.5. The van der Waals surface area contributed by atoms with Gasteiger partial charge in [-0.2, -0.15) is 5.10 Å². The van der Waals surface area contributed by atoms with Gasteiger partial charge in [0.15, 0.2) is 10.6 Å². The molecule has 0 radical (unpaired) electrons. The van der Waals surface area contributed by atoms with E-state index in [9.17, 15) is 4.79 Å². The Bertz CT molecular complexity index is 702. The predicted octanol–water partition coefficient (Wildman–Crippen LogP) is 2.91. The number of aromatic nitrogens is 3. The molecule has 0 saturated carbocycles. The van der Waals surface area contributed by atoms with Crippen LogP contribution < -0.4 is 5.32 Å². The van der Waals surface area contributed by atoms with Crippen molar-refractivity contribution in [1.29, 1.82) is 0 Å². The average molecular weight is 304 g/mol. The molecule has 2 aromatic rings. The van der Waals surface area contributed by atoms with E-state index in [-0.39, 0.29) is 17.9 Å². The maximum absolute atomic E-state index is 12.5. The van der Waals surface area contributed by atoms with Gasteiger partial charge in [-0.3, -0.25) is 9.89 Å². The van der Waals surface area contributed by atoms with E-state index in [2.05, 4.69) is 15.5 Å². The molecule has 0 saturated heterocycles. The zero-order chi connectivity index (χ0) is 15.6. The number of aryl methyl sites for hydroxylation is 1. The fourth-order valence-electron chi connectivity index (χ4n) is 2.21. The van der Waals surface area contributed by atoms with Crippen molar-refractivity contribution >= 4 is 18.1 Å². The molecule has 2 rings (SSSR count). The summed E-state index contributed by atoms with van der Waals surface area (Å²) in [6.45, 7) is 6.01. The Morgan fingerprint density at radius 3 is 2.57 bits per heavy atom. The molecule has 1 atom stereocenters. The van der Waals surface area contributed by atoms with Gasteiger partial charge < -0.3 is 9.88 Å². The summed E-state index contributed by atoms with van der Waals surface area (Å²) in [5.74, 6) is 0.833. The Kier molecular flexibility index (Phi) is 4.57. The first-order valence-corrected chi connectivity index (χ1v) is 7.30. The third-order valence-corrected chi connectivity index (χ3v) is 3.90. The lowest BCUT2D eigenvalue weighted by Gasteiger charge is -2.22. The lowest BCUT2D eigenvalue weighted by molar-refractivity contribution is 0.0921. The lowest BCUT2D eigenvalue weighted by atomic mass is 10.0. The van der Waals surface area contributed by atoms with Gasteiger partial charge in [-0.1, -0.05) is 32.0 Å². The Morgan fingerprint density at radius 1 is 1.38 bits per heavy atom. The second-order valence-corrected chi connectivity index (χ2v) is 5.84. The van der Waals surface area contributed by atoms with Crippen LogP contribution in [0.3, 0.4) is 0 Å². The number of nitrogens with one attached hydrogen (secondary N) is 2. The molecular weight excluding hydrogens is 284 g/mol. The quantitative estimate of drug-likeness (QED) is 0.854. The van der Waals surface area contributed by atoms with Crippen LogP contribution in [-0.2, 0) is 7.05 Å². The number of rotatable bonds is 4. The summed E-state index contributed by atoms with van der Waals surface area (Å²) in [5.41, 5.74) is 1.63. The number of benzene rings is 1. The molecule has 0 fully saturated rings. The molecule has 1 amide bonds. The van der Waals surface area contributed by atoms with E-state index in [4.69, 9.17) is 12.2 Å². The van der Waals surface area contributed by atoms with Crippen LogP contribution in [0.4, 0.5) is 0 Å². The first-order valence-electron chi connectivity index (χ1n) is 6.89. The van der Waals surface area contributed by atoms with Crippen LogP contribution in [0.5, 0.6) is 0 Å². The highest BCUT2D eigenvalue weighted by atomic mass is 32.1. The topological polar surface area (TPSA) is 62.7 Å². The molecule has 0 aliphatic rings. The van der Waals surface area contributed by atoms with E-state index in [0.29, 0.717) is 10.3 Å². The molecule has 0 bridgehead atoms. The van der Waals surface area contributed by atoms with E-state index < -0.39 is 0 Å². The minimum absolute atomic E-state index is 0.0966. The summed E-state index contributed by atoms with van der Waals surface area (Å²) in [4.78, 5) is 12.5. The number of carbonyl (C=O) groups excluding carboxylic acids is 1. The van der Waals surface area contributed by atoms with Gasteiger partial charge in [0, 0.05) is 12.6 Å². The molecule has 21 heavy (non-hydrogen) atoms. The molecule has 112 valence electrons. The number of amides is 1. The van der Waals surface area contributed by atoms with Gasteiger partial charge in [0.1, 0.15) is 0 Å². The van der Waals surface area contributed by atoms with Crippen LogP contribution in [0, 0.1) is 17.6 Å². The van der Waals surface area contributed by atoms with Crippen molar-refractivity contribution in [3.05, 3.63) is 46.0 Å². The van der Waals surface area contributed by atoms with Crippen molar-refractivity contribution in [2.75, 3.05) is 0 Å². The van der Waals surface area contributed by atoms with Crippen molar-refractivity contribution < 1.29 is 4.79 Å². The van der Waals surface area contributed by atoms with Crippen molar-refractivity contribution in [3.63, 3.8) is 0 Å². The summed E-state index contributed by atoms with van der Waals surface area (Å²) >= 11 is 5.14. The van der Waals surface area contributed by atoms with Crippen LogP contribution in [0.1, 0.15) is 41.6 Å². The van der Waals surface area contributed by atoms with Gasteiger partial charge in [-0.05, 0) is 36.7 Å². The fraction of sp³-hybridized carbons (Fsp3) is 0.400. The minimum atomic E-state index is -0.199. The van der Waals surface area contributed by atoms with E-state index in [1.807, 2.05) is 52.1 Å². The van der Waals surface area contributed by atoms with E-state index in [1.54, 1.807) is 4.57 Å². The van der Waals surface area contributed by atoms with Gasteiger partial charge >= 0.3 is 0 Å². The molecule has 1 aromatic carbocycles. The van der Waals surface area contributed by atoms with Crippen molar-refractivity contribution in [2.45, 2.75) is 26.8 Å². The Hall–Kier alpha value is -1.95. The number of nitrogens with zero attached hydrogens (tertiary/aromatic N) is 2. The zero-order valence-corrected chi connectivity index (χ0v) is 13.5. The summed E-state index contributed by atoms with van der Waals surface area (Å²) in [5, 5.41) is 10.1. The fourth-order valence-corrected chi connectivity index (χ4v) is 2.35. The van der Waals surface area contributed by atoms with Crippen LogP contribution in [-0.4, -0.2) is 20.7 Å². The molecule has 6 heteroatoms. The van der Waals surface area contributed by atoms with Crippen molar-refractivity contribution in [3.8, 4) is 0 Å². The van der Waals surface area contributed by atoms with E-state index >= 15 is 0 Å². The second kappa shape index (κ2) is 6.22. The summed E-state index contributed by atoms with van der Waals surface area (Å²) in [6, 6.07) is 7.33. The number of carbonyl (C=O) groups is 1. The first-order chi connectivity index (χ1) is 9.91. The molecule has 1 aromatic heterocycles. The van der Waals surface area contributed by atoms with Crippen LogP contribution in [0.15, 0.2) is 24.3 Å². The molecule has 0 unspecified atom stereocenters. The zero-order valence-electron chi connectivity index (χ0n) is 12.7.